The number of rotatable bonds is 1. The fourth-order valence-electron chi connectivity index (χ4n) is 0. The average Bonchev–Trinajstić information content (AvgIpc) is 1.61. The summed E-state index contributed by atoms with van der Waals surface area (Å²) in [5, 5.41) is 0. The first-order chi connectivity index (χ1) is 4.27. The molecule has 0 nitrogen and oxygen atoms in total. The summed E-state index contributed by atoms with van der Waals surface area (Å²) in [4.78, 5) is 0. The SMILES string of the molecule is CC(C)(C)I.CC(C)CI. The van der Waals surface area contributed by atoms with Crippen LogP contribution in [0.2, 0.25) is 0 Å². The van der Waals surface area contributed by atoms with Crippen molar-refractivity contribution in [3.63, 3.8) is 0 Å². The lowest BCUT2D eigenvalue weighted by Crippen LogP contribution is -1.97. The van der Waals surface area contributed by atoms with Gasteiger partial charge in [-0.15, -0.1) is 0 Å². The van der Waals surface area contributed by atoms with E-state index in [0.717, 1.165) is 5.92 Å². The molecule has 0 aromatic carbocycles. The standard InChI is InChI=1S/2C4H9I/c1-4(2,3)5;1-4(2)3-5/h1-3H3;4H,3H2,1-2H3. The fourth-order valence-corrected chi connectivity index (χ4v) is 0. The smallest absolute Gasteiger partial charge is 0.0137 e. The summed E-state index contributed by atoms with van der Waals surface area (Å²) in [6.07, 6.45) is 0. The van der Waals surface area contributed by atoms with E-state index in [0.29, 0.717) is 3.42 Å². The molecule has 0 rings (SSSR count). The van der Waals surface area contributed by atoms with E-state index >= 15 is 0 Å². The molecule has 0 aliphatic heterocycles. The maximum atomic E-state index is 2.38. The minimum absolute atomic E-state index is 0.470. The molecular weight excluding hydrogens is 350 g/mol. The minimum atomic E-state index is 0.470. The van der Waals surface area contributed by atoms with E-state index in [2.05, 4.69) is 79.8 Å². The van der Waals surface area contributed by atoms with Crippen LogP contribution in [0.15, 0.2) is 0 Å². The normalized spacial score (nSPS) is 10.8. The van der Waals surface area contributed by atoms with Crippen LogP contribution in [0.25, 0.3) is 0 Å². The Hall–Kier alpha value is 1.46. The molecule has 0 saturated carbocycles. The molecular formula is C8H18I2. The van der Waals surface area contributed by atoms with Crippen molar-refractivity contribution in [1.29, 1.82) is 0 Å². The van der Waals surface area contributed by atoms with Gasteiger partial charge in [0.05, 0.1) is 0 Å². The van der Waals surface area contributed by atoms with Gasteiger partial charge in [0.1, 0.15) is 0 Å². The molecule has 0 heterocycles. The molecule has 0 fully saturated rings. The predicted octanol–water partition coefficient (Wildman–Crippen LogP) is 4.30. The highest BCUT2D eigenvalue weighted by Crippen LogP contribution is 2.12. The summed E-state index contributed by atoms with van der Waals surface area (Å²) < 4.78 is 1.75. The molecule has 0 atom stereocenters. The van der Waals surface area contributed by atoms with Crippen LogP contribution >= 0.6 is 45.2 Å². The Morgan fingerprint density at radius 1 is 1.20 bits per heavy atom. The highest BCUT2D eigenvalue weighted by Gasteiger charge is 1.98. The zero-order chi connectivity index (χ0) is 8.78. The Morgan fingerprint density at radius 3 is 1.30 bits per heavy atom. The maximum Gasteiger partial charge on any atom is 0.0137 e. The van der Waals surface area contributed by atoms with Crippen LogP contribution in [-0.4, -0.2) is 7.85 Å². The quantitative estimate of drug-likeness (QED) is 0.479. The van der Waals surface area contributed by atoms with Gasteiger partial charge in [0.25, 0.3) is 0 Å². The molecule has 10 heavy (non-hydrogen) atoms. The summed E-state index contributed by atoms with van der Waals surface area (Å²) in [5.74, 6) is 0.871. The molecule has 0 saturated heterocycles. The number of hydrogen-bond donors (Lipinski definition) is 0. The zero-order valence-corrected chi connectivity index (χ0v) is 11.9. The van der Waals surface area contributed by atoms with Gasteiger partial charge < -0.3 is 0 Å². The van der Waals surface area contributed by atoms with E-state index in [9.17, 15) is 0 Å². The molecule has 0 amide bonds. The van der Waals surface area contributed by atoms with Gasteiger partial charge in [-0.25, -0.2) is 0 Å². The molecule has 64 valence electrons. The van der Waals surface area contributed by atoms with Crippen LogP contribution < -0.4 is 0 Å². The van der Waals surface area contributed by atoms with Crippen LogP contribution in [0, 0.1) is 5.92 Å². The Labute approximate surface area is 92.8 Å². The Bertz CT molecular complexity index is 56.1. The lowest BCUT2D eigenvalue weighted by atomic mass is 10.3. The van der Waals surface area contributed by atoms with E-state index in [1.807, 2.05) is 0 Å². The average molecular weight is 368 g/mol. The van der Waals surface area contributed by atoms with Crippen molar-refractivity contribution >= 4 is 45.2 Å². The van der Waals surface area contributed by atoms with Gasteiger partial charge in [-0.05, 0) is 5.92 Å². The summed E-state index contributed by atoms with van der Waals surface area (Å²) in [6, 6.07) is 0. The van der Waals surface area contributed by atoms with Crippen molar-refractivity contribution in [1.82, 2.24) is 0 Å². The maximum absolute atomic E-state index is 2.38. The van der Waals surface area contributed by atoms with Gasteiger partial charge in [0, 0.05) is 7.85 Å². The second kappa shape index (κ2) is 7.13. The van der Waals surface area contributed by atoms with Crippen molar-refractivity contribution in [2.45, 2.75) is 38.0 Å². The number of hydrogen-bond acceptors (Lipinski definition) is 0. The Morgan fingerprint density at radius 2 is 1.30 bits per heavy atom. The molecule has 0 aliphatic carbocycles. The molecule has 0 spiro atoms. The van der Waals surface area contributed by atoms with Gasteiger partial charge in [-0.1, -0.05) is 79.8 Å². The molecule has 0 aromatic rings. The summed E-state index contributed by atoms with van der Waals surface area (Å²) in [5.41, 5.74) is 0. The molecule has 0 aliphatic rings. The zero-order valence-electron chi connectivity index (χ0n) is 7.54. The van der Waals surface area contributed by atoms with Gasteiger partial charge >= 0.3 is 0 Å². The number of halogens is 2. The first-order valence-electron chi connectivity index (χ1n) is 3.52. The summed E-state index contributed by atoms with van der Waals surface area (Å²) >= 11 is 4.75. The van der Waals surface area contributed by atoms with Crippen LogP contribution in [0.3, 0.4) is 0 Å². The second-order valence-corrected chi connectivity index (χ2v) is 7.73. The van der Waals surface area contributed by atoms with Gasteiger partial charge in [0.2, 0.25) is 0 Å². The van der Waals surface area contributed by atoms with Crippen LogP contribution in [0.4, 0.5) is 0 Å². The minimum Gasteiger partial charge on any atom is -0.0861 e. The third-order valence-electron chi connectivity index (χ3n) is 0.309. The highest BCUT2D eigenvalue weighted by molar-refractivity contribution is 14.1. The molecule has 0 bridgehead atoms. The second-order valence-electron chi connectivity index (χ2n) is 3.62. The molecule has 0 N–H and O–H groups in total. The van der Waals surface area contributed by atoms with Gasteiger partial charge in [0.15, 0.2) is 0 Å². The lowest BCUT2D eigenvalue weighted by Gasteiger charge is -2.02. The third kappa shape index (κ3) is 56.6. The Kier molecular flexibility index (Phi) is 9.99. The largest absolute Gasteiger partial charge is 0.0861 e. The summed E-state index contributed by atoms with van der Waals surface area (Å²) in [7, 11) is 0. The Balaban J connectivity index is 0. The van der Waals surface area contributed by atoms with E-state index < -0.39 is 0 Å². The van der Waals surface area contributed by atoms with Crippen molar-refractivity contribution < 1.29 is 0 Å². The van der Waals surface area contributed by atoms with Crippen LogP contribution in [0.5, 0.6) is 0 Å². The fraction of sp³-hybridized carbons (Fsp3) is 1.00. The molecule has 0 unspecified atom stereocenters. The monoisotopic (exact) mass is 368 g/mol. The van der Waals surface area contributed by atoms with E-state index in [1.54, 1.807) is 0 Å². The van der Waals surface area contributed by atoms with Crippen molar-refractivity contribution in [3.8, 4) is 0 Å². The van der Waals surface area contributed by atoms with Crippen molar-refractivity contribution in [2.24, 2.45) is 5.92 Å². The molecule has 2 heteroatoms. The molecule has 0 aromatic heterocycles. The summed E-state index contributed by atoms with van der Waals surface area (Å²) in [6.45, 7) is 11.0. The number of alkyl halides is 2. The first-order valence-corrected chi connectivity index (χ1v) is 6.12. The van der Waals surface area contributed by atoms with Crippen molar-refractivity contribution in [2.75, 3.05) is 4.43 Å². The lowest BCUT2D eigenvalue weighted by molar-refractivity contribution is 0.763. The topological polar surface area (TPSA) is 0 Å². The van der Waals surface area contributed by atoms with Crippen molar-refractivity contribution in [3.05, 3.63) is 0 Å². The van der Waals surface area contributed by atoms with Crippen LogP contribution in [0.1, 0.15) is 34.6 Å². The van der Waals surface area contributed by atoms with Crippen LogP contribution in [-0.2, 0) is 0 Å². The van der Waals surface area contributed by atoms with Gasteiger partial charge in [-0.2, -0.15) is 0 Å². The first kappa shape index (κ1) is 14.0. The molecule has 0 radical (unpaired) electrons. The predicted molar refractivity (Wildman–Crippen MR) is 67.5 cm³/mol. The van der Waals surface area contributed by atoms with E-state index in [1.165, 1.54) is 4.43 Å². The third-order valence-corrected chi connectivity index (χ3v) is 2.07. The van der Waals surface area contributed by atoms with E-state index in [4.69, 9.17) is 0 Å². The van der Waals surface area contributed by atoms with E-state index in [-0.39, 0.29) is 0 Å². The van der Waals surface area contributed by atoms with Gasteiger partial charge in [-0.3, -0.25) is 0 Å². The highest BCUT2D eigenvalue weighted by atomic mass is 127.